The largest absolute Gasteiger partial charge is 0.492 e. The zero-order valence-electron chi connectivity index (χ0n) is 9.67. The average Bonchev–Trinajstić information content (AvgIpc) is 2.89. The molecule has 17 heavy (non-hydrogen) atoms. The molecular weight excluding hydrogens is 218 g/mol. The molecule has 0 amide bonds. The first kappa shape index (κ1) is 11.7. The molecule has 1 N–H and O–H groups in total. The fourth-order valence-corrected chi connectivity index (χ4v) is 1.51. The van der Waals surface area contributed by atoms with Crippen LogP contribution in [0.4, 0.5) is 0 Å². The zero-order chi connectivity index (χ0) is 12.1. The first-order chi connectivity index (χ1) is 8.31. The highest BCUT2D eigenvalue weighted by Gasteiger charge is 2.12. The van der Waals surface area contributed by atoms with Gasteiger partial charge in [0.2, 0.25) is 0 Å². The maximum absolute atomic E-state index is 10.1. The Hall–Kier alpha value is -1.81. The number of aliphatic hydroxyl groups is 1. The number of furan rings is 1. The number of hydrogen-bond donors (Lipinski definition) is 1. The van der Waals surface area contributed by atoms with Crippen molar-refractivity contribution in [3.8, 4) is 5.75 Å². The van der Waals surface area contributed by atoms with Crippen molar-refractivity contribution in [1.82, 2.24) is 4.98 Å². The summed E-state index contributed by atoms with van der Waals surface area (Å²) in [5.41, 5.74) is 1.40. The normalized spacial score (nSPS) is 12.4. The highest BCUT2D eigenvalue weighted by molar-refractivity contribution is 5.30. The molecule has 2 rings (SSSR count). The van der Waals surface area contributed by atoms with Crippen LogP contribution in [-0.4, -0.2) is 16.7 Å². The molecule has 0 aliphatic heterocycles. The zero-order valence-corrected chi connectivity index (χ0v) is 9.67. The van der Waals surface area contributed by atoms with Crippen LogP contribution in [0.1, 0.15) is 30.6 Å². The molecular formula is C13H15NO3. The maximum atomic E-state index is 10.1. The highest BCUT2D eigenvalue weighted by atomic mass is 16.5. The Kier molecular flexibility index (Phi) is 3.77. The van der Waals surface area contributed by atoms with E-state index in [0.29, 0.717) is 23.5 Å². The molecule has 4 nitrogen and oxygen atoms in total. The highest BCUT2D eigenvalue weighted by Crippen LogP contribution is 2.24. The van der Waals surface area contributed by atoms with Crippen LogP contribution < -0.4 is 4.74 Å². The van der Waals surface area contributed by atoms with Gasteiger partial charge >= 0.3 is 0 Å². The third-order valence-corrected chi connectivity index (χ3v) is 2.38. The Morgan fingerprint density at radius 2 is 2.29 bits per heavy atom. The van der Waals surface area contributed by atoms with Crippen LogP contribution in [0.25, 0.3) is 0 Å². The van der Waals surface area contributed by atoms with E-state index in [-0.39, 0.29) is 0 Å². The van der Waals surface area contributed by atoms with Gasteiger partial charge in [0, 0.05) is 17.3 Å². The van der Waals surface area contributed by atoms with Crippen molar-refractivity contribution in [1.29, 1.82) is 0 Å². The first-order valence-corrected chi connectivity index (χ1v) is 5.59. The molecule has 0 saturated heterocycles. The van der Waals surface area contributed by atoms with E-state index in [1.807, 2.05) is 6.92 Å². The van der Waals surface area contributed by atoms with Crippen LogP contribution in [-0.2, 0) is 0 Å². The topological polar surface area (TPSA) is 55.5 Å². The number of rotatable bonds is 5. The lowest BCUT2D eigenvalue weighted by Gasteiger charge is -2.10. The molecule has 0 aromatic carbocycles. The van der Waals surface area contributed by atoms with Crippen LogP contribution in [0.5, 0.6) is 5.75 Å². The minimum Gasteiger partial charge on any atom is -0.492 e. The average molecular weight is 233 g/mol. The fraction of sp³-hybridized carbons (Fsp3) is 0.308. The van der Waals surface area contributed by atoms with Gasteiger partial charge in [0.1, 0.15) is 11.9 Å². The van der Waals surface area contributed by atoms with Gasteiger partial charge in [0.25, 0.3) is 0 Å². The van der Waals surface area contributed by atoms with E-state index in [0.717, 1.165) is 6.42 Å². The number of hydrogen-bond acceptors (Lipinski definition) is 4. The molecule has 2 heterocycles. The second-order valence-corrected chi connectivity index (χ2v) is 3.76. The standard InChI is InChI=1S/C13H15NO3/c1-2-4-17-12-6-11(7-14-8-12)13(15)10-3-5-16-9-10/h3,5-9,13,15H,2,4H2,1H3. The Morgan fingerprint density at radius 3 is 3.00 bits per heavy atom. The van der Waals surface area contributed by atoms with Gasteiger partial charge in [-0.15, -0.1) is 0 Å². The molecule has 0 aliphatic carbocycles. The Morgan fingerprint density at radius 1 is 1.41 bits per heavy atom. The monoisotopic (exact) mass is 233 g/mol. The summed E-state index contributed by atoms with van der Waals surface area (Å²) in [6, 6.07) is 3.52. The second-order valence-electron chi connectivity index (χ2n) is 3.76. The van der Waals surface area contributed by atoms with Gasteiger partial charge in [0.15, 0.2) is 0 Å². The van der Waals surface area contributed by atoms with E-state index in [9.17, 15) is 5.11 Å². The van der Waals surface area contributed by atoms with E-state index in [1.165, 1.54) is 12.5 Å². The third kappa shape index (κ3) is 2.85. The van der Waals surface area contributed by atoms with E-state index in [1.54, 1.807) is 24.5 Å². The van der Waals surface area contributed by atoms with Gasteiger partial charge in [-0.25, -0.2) is 0 Å². The summed E-state index contributed by atoms with van der Waals surface area (Å²) in [7, 11) is 0. The number of pyridine rings is 1. The van der Waals surface area contributed by atoms with Crippen LogP contribution in [0.15, 0.2) is 41.5 Å². The lowest BCUT2D eigenvalue weighted by atomic mass is 10.1. The molecule has 4 heteroatoms. The van der Waals surface area contributed by atoms with Crippen LogP contribution in [0, 0.1) is 0 Å². The fourth-order valence-electron chi connectivity index (χ4n) is 1.51. The third-order valence-electron chi connectivity index (χ3n) is 2.38. The number of aliphatic hydroxyl groups excluding tert-OH is 1. The first-order valence-electron chi connectivity index (χ1n) is 5.59. The van der Waals surface area contributed by atoms with Gasteiger partial charge in [-0.2, -0.15) is 0 Å². The molecule has 0 radical (unpaired) electrons. The predicted octanol–water partition coefficient (Wildman–Crippen LogP) is 2.55. The van der Waals surface area contributed by atoms with E-state index in [2.05, 4.69) is 4.98 Å². The number of nitrogens with zero attached hydrogens (tertiary/aromatic N) is 1. The molecule has 0 fully saturated rings. The Balaban J connectivity index is 2.15. The quantitative estimate of drug-likeness (QED) is 0.862. The molecule has 1 unspecified atom stereocenters. The molecule has 90 valence electrons. The minimum absolute atomic E-state index is 0.646. The van der Waals surface area contributed by atoms with Crippen LogP contribution >= 0.6 is 0 Å². The summed E-state index contributed by atoms with van der Waals surface area (Å²) in [5.74, 6) is 0.673. The second kappa shape index (κ2) is 5.50. The Labute approximate surface area is 99.9 Å². The predicted molar refractivity (Wildman–Crippen MR) is 62.8 cm³/mol. The summed E-state index contributed by atoms with van der Waals surface area (Å²) in [6.07, 6.45) is 6.52. The van der Waals surface area contributed by atoms with E-state index in [4.69, 9.17) is 9.15 Å². The summed E-state index contributed by atoms with van der Waals surface area (Å²) < 4.78 is 10.4. The number of ether oxygens (including phenoxy) is 1. The van der Waals surface area contributed by atoms with Gasteiger partial charge in [0.05, 0.1) is 25.3 Å². The van der Waals surface area contributed by atoms with Crippen molar-refractivity contribution >= 4 is 0 Å². The molecule has 2 aromatic rings. The minimum atomic E-state index is -0.730. The van der Waals surface area contributed by atoms with Crippen molar-refractivity contribution in [3.63, 3.8) is 0 Å². The number of aromatic nitrogens is 1. The van der Waals surface area contributed by atoms with Gasteiger partial charge < -0.3 is 14.3 Å². The maximum Gasteiger partial charge on any atom is 0.137 e. The molecule has 1 atom stereocenters. The molecule has 0 saturated carbocycles. The van der Waals surface area contributed by atoms with Gasteiger partial charge in [-0.1, -0.05) is 6.92 Å². The SMILES string of the molecule is CCCOc1cncc(C(O)c2ccoc2)c1. The van der Waals surface area contributed by atoms with Crippen molar-refractivity contribution in [2.75, 3.05) is 6.61 Å². The van der Waals surface area contributed by atoms with Gasteiger partial charge in [-0.3, -0.25) is 4.98 Å². The summed E-state index contributed by atoms with van der Waals surface area (Å²) in [5, 5.41) is 10.1. The molecule has 0 bridgehead atoms. The van der Waals surface area contributed by atoms with Crippen molar-refractivity contribution in [3.05, 3.63) is 48.2 Å². The van der Waals surface area contributed by atoms with Crippen molar-refractivity contribution in [2.45, 2.75) is 19.4 Å². The summed E-state index contributed by atoms with van der Waals surface area (Å²) >= 11 is 0. The van der Waals surface area contributed by atoms with Crippen LogP contribution in [0.2, 0.25) is 0 Å². The van der Waals surface area contributed by atoms with Crippen molar-refractivity contribution < 1.29 is 14.3 Å². The smallest absolute Gasteiger partial charge is 0.137 e. The Bertz CT molecular complexity index is 453. The molecule has 0 spiro atoms. The summed E-state index contributed by atoms with van der Waals surface area (Å²) in [6.45, 7) is 2.69. The molecule has 0 aliphatic rings. The van der Waals surface area contributed by atoms with Crippen molar-refractivity contribution in [2.24, 2.45) is 0 Å². The summed E-state index contributed by atoms with van der Waals surface area (Å²) in [4.78, 5) is 4.05. The lowest BCUT2D eigenvalue weighted by Crippen LogP contribution is -2.01. The lowest BCUT2D eigenvalue weighted by molar-refractivity contribution is 0.217. The van der Waals surface area contributed by atoms with Crippen LogP contribution in [0.3, 0.4) is 0 Å². The molecule has 2 aromatic heterocycles. The van der Waals surface area contributed by atoms with E-state index < -0.39 is 6.10 Å². The van der Waals surface area contributed by atoms with E-state index >= 15 is 0 Å². The van der Waals surface area contributed by atoms with Gasteiger partial charge in [-0.05, 0) is 18.6 Å².